The number of ether oxygens (including phenoxy) is 1. The Labute approximate surface area is 144 Å². The van der Waals surface area contributed by atoms with E-state index in [0.717, 1.165) is 25.9 Å². The minimum absolute atomic E-state index is 0. The van der Waals surface area contributed by atoms with Gasteiger partial charge in [-0.3, -0.25) is 9.69 Å². The van der Waals surface area contributed by atoms with Gasteiger partial charge in [-0.25, -0.2) is 0 Å². The van der Waals surface area contributed by atoms with E-state index in [1.807, 2.05) is 4.90 Å². The summed E-state index contributed by atoms with van der Waals surface area (Å²) in [6.45, 7) is 2.18. The lowest BCUT2D eigenvalue weighted by Crippen LogP contribution is -2.44. The second-order valence-corrected chi connectivity index (χ2v) is 5.58. The van der Waals surface area contributed by atoms with E-state index in [9.17, 15) is 18.0 Å². The molecular weight excluding hydrogens is 347 g/mol. The average molecular weight is 368 g/mol. The van der Waals surface area contributed by atoms with Crippen LogP contribution in [0.15, 0.2) is 24.3 Å². The molecule has 0 atom stereocenters. The monoisotopic (exact) mass is 367 g/mol. The van der Waals surface area contributed by atoms with Gasteiger partial charge in [0.25, 0.3) is 0 Å². The van der Waals surface area contributed by atoms with Crippen molar-refractivity contribution in [2.45, 2.75) is 31.8 Å². The molecule has 1 aliphatic rings. The molecule has 0 radical (unpaired) electrons. The Hall–Kier alpha value is -1.51. The number of hydrogen-bond donors (Lipinski definition) is 2. The van der Waals surface area contributed by atoms with E-state index in [4.69, 9.17) is 5.73 Å². The Morgan fingerprint density at radius 1 is 1.25 bits per heavy atom. The molecule has 1 fully saturated rings. The third kappa shape index (κ3) is 7.37. The normalized spacial score (nSPS) is 16.3. The number of amides is 1. The first-order chi connectivity index (χ1) is 10.8. The fourth-order valence-corrected chi connectivity index (χ4v) is 2.38. The molecule has 0 aliphatic carbocycles. The Bertz CT molecular complexity index is 518. The van der Waals surface area contributed by atoms with Gasteiger partial charge in [-0.15, -0.1) is 25.6 Å². The fourth-order valence-electron chi connectivity index (χ4n) is 2.38. The predicted molar refractivity (Wildman–Crippen MR) is 85.9 cm³/mol. The molecule has 0 aromatic heterocycles. The van der Waals surface area contributed by atoms with E-state index >= 15 is 0 Å². The standard InChI is InChI=1S/C15H20F3N3O2.ClH/c16-15(17,18)23-13-3-1-11(2-4-13)9-20-14(22)10-21-7-5-12(19)6-8-21;/h1-4,12H,5-10,19H2,(H,20,22);1H. The summed E-state index contributed by atoms with van der Waals surface area (Å²) in [6.07, 6.45) is -2.94. The molecular formula is C15H21ClF3N3O2. The highest BCUT2D eigenvalue weighted by Crippen LogP contribution is 2.22. The van der Waals surface area contributed by atoms with E-state index in [1.54, 1.807) is 0 Å². The Morgan fingerprint density at radius 2 is 1.83 bits per heavy atom. The number of nitrogens with two attached hydrogens (primary N) is 1. The summed E-state index contributed by atoms with van der Waals surface area (Å²) in [5, 5.41) is 2.75. The van der Waals surface area contributed by atoms with Gasteiger partial charge in [-0.2, -0.15) is 0 Å². The molecule has 24 heavy (non-hydrogen) atoms. The fraction of sp³-hybridized carbons (Fsp3) is 0.533. The van der Waals surface area contributed by atoms with Crippen LogP contribution in [0, 0.1) is 0 Å². The van der Waals surface area contributed by atoms with Gasteiger partial charge in [-0.1, -0.05) is 12.1 Å². The van der Waals surface area contributed by atoms with Gasteiger partial charge < -0.3 is 15.8 Å². The van der Waals surface area contributed by atoms with Crippen LogP contribution in [0.1, 0.15) is 18.4 Å². The summed E-state index contributed by atoms with van der Waals surface area (Å²) in [5.74, 6) is -0.395. The zero-order valence-corrected chi connectivity index (χ0v) is 13.8. The largest absolute Gasteiger partial charge is 0.573 e. The third-order valence-electron chi connectivity index (χ3n) is 3.65. The van der Waals surface area contributed by atoms with Crippen molar-refractivity contribution in [3.05, 3.63) is 29.8 Å². The van der Waals surface area contributed by atoms with Gasteiger partial charge in [0.2, 0.25) is 5.91 Å². The molecule has 5 nitrogen and oxygen atoms in total. The zero-order chi connectivity index (χ0) is 16.9. The minimum Gasteiger partial charge on any atom is -0.406 e. The highest BCUT2D eigenvalue weighted by atomic mass is 35.5. The molecule has 0 unspecified atom stereocenters. The number of nitrogens with zero attached hydrogens (tertiary/aromatic N) is 1. The van der Waals surface area contributed by atoms with Crippen molar-refractivity contribution in [1.29, 1.82) is 0 Å². The maximum absolute atomic E-state index is 12.1. The maximum atomic E-state index is 12.1. The number of halogens is 4. The zero-order valence-electron chi connectivity index (χ0n) is 13.0. The van der Waals surface area contributed by atoms with Crippen molar-refractivity contribution in [1.82, 2.24) is 10.2 Å². The molecule has 3 N–H and O–H groups in total. The van der Waals surface area contributed by atoms with Gasteiger partial charge in [-0.05, 0) is 30.5 Å². The van der Waals surface area contributed by atoms with Crippen molar-refractivity contribution >= 4 is 18.3 Å². The first-order valence-corrected chi connectivity index (χ1v) is 7.41. The summed E-state index contributed by atoms with van der Waals surface area (Å²) in [7, 11) is 0. The average Bonchev–Trinajstić information content (AvgIpc) is 2.47. The SMILES string of the molecule is Cl.NC1CCN(CC(=O)NCc2ccc(OC(F)(F)F)cc2)CC1. The van der Waals surface area contributed by atoms with Gasteiger partial charge >= 0.3 is 6.36 Å². The summed E-state index contributed by atoms with van der Waals surface area (Å²) in [5.41, 5.74) is 6.51. The molecule has 1 aromatic carbocycles. The maximum Gasteiger partial charge on any atom is 0.573 e. The Morgan fingerprint density at radius 3 is 2.38 bits per heavy atom. The molecule has 0 spiro atoms. The van der Waals surface area contributed by atoms with Crippen LogP contribution in [0.5, 0.6) is 5.75 Å². The molecule has 9 heteroatoms. The highest BCUT2D eigenvalue weighted by Gasteiger charge is 2.30. The van der Waals surface area contributed by atoms with E-state index in [1.165, 1.54) is 24.3 Å². The van der Waals surface area contributed by atoms with Crippen LogP contribution in [-0.4, -0.2) is 42.8 Å². The topological polar surface area (TPSA) is 67.6 Å². The number of rotatable bonds is 5. The van der Waals surface area contributed by atoms with E-state index in [0.29, 0.717) is 12.1 Å². The van der Waals surface area contributed by atoms with Crippen LogP contribution in [0.4, 0.5) is 13.2 Å². The second kappa shape index (κ2) is 9.10. The van der Waals surface area contributed by atoms with Crippen LogP contribution in [0.3, 0.4) is 0 Å². The summed E-state index contributed by atoms with van der Waals surface area (Å²) < 4.78 is 39.9. The lowest BCUT2D eigenvalue weighted by molar-refractivity contribution is -0.274. The number of nitrogens with one attached hydrogen (secondary N) is 1. The summed E-state index contributed by atoms with van der Waals surface area (Å²) in [6, 6.07) is 5.64. The molecule has 136 valence electrons. The smallest absolute Gasteiger partial charge is 0.406 e. The number of hydrogen-bond acceptors (Lipinski definition) is 4. The molecule has 0 bridgehead atoms. The number of benzene rings is 1. The van der Waals surface area contributed by atoms with Crippen molar-refractivity contribution < 1.29 is 22.7 Å². The third-order valence-corrected chi connectivity index (χ3v) is 3.65. The minimum atomic E-state index is -4.70. The van der Waals surface area contributed by atoms with Gasteiger partial charge in [0.15, 0.2) is 0 Å². The van der Waals surface area contributed by atoms with E-state index in [-0.39, 0.29) is 36.7 Å². The van der Waals surface area contributed by atoms with Gasteiger partial charge in [0.1, 0.15) is 5.75 Å². The highest BCUT2D eigenvalue weighted by molar-refractivity contribution is 5.85. The molecule has 1 saturated heterocycles. The van der Waals surface area contributed by atoms with Crippen LogP contribution in [-0.2, 0) is 11.3 Å². The Balaban J connectivity index is 0.00000288. The number of piperidine rings is 1. The Kier molecular flexibility index (Phi) is 7.78. The number of likely N-dealkylation sites (tertiary alicyclic amines) is 1. The number of alkyl halides is 3. The van der Waals surface area contributed by atoms with Crippen molar-refractivity contribution in [3.63, 3.8) is 0 Å². The molecule has 0 saturated carbocycles. The van der Waals surface area contributed by atoms with Gasteiger partial charge in [0, 0.05) is 25.7 Å². The van der Waals surface area contributed by atoms with Crippen LogP contribution in [0.2, 0.25) is 0 Å². The van der Waals surface area contributed by atoms with Crippen LogP contribution < -0.4 is 15.8 Å². The van der Waals surface area contributed by atoms with Crippen LogP contribution >= 0.6 is 12.4 Å². The summed E-state index contributed by atoms with van der Waals surface area (Å²) >= 11 is 0. The first-order valence-electron chi connectivity index (χ1n) is 7.41. The quantitative estimate of drug-likeness (QED) is 0.835. The molecule has 1 amide bonds. The van der Waals surface area contributed by atoms with Crippen molar-refractivity contribution in [2.75, 3.05) is 19.6 Å². The van der Waals surface area contributed by atoms with Gasteiger partial charge in [0.05, 0.1) is 6.54 Å². The number of carbonyl (C=O) groups excluding carboxylic acids is 1. The van der Waals surface area contributed by atoms with E-state index in [2.05, 4.69) is 10.1 Å². The predicted octanol–water partition coefficient (Wildman–Crippen LogP) is 2.05. The van der Waals surface area contributed by atoms with Crippen molar-refractivity contribution in [2.24, 2.45) is 5.73 Å². The molecule has 1 aromatic rings. The number of carbonyl (C=O) groups is 1. The first kappa shape index (κ1) is 20.5. The lowest BCUT2D eigenvalue weighted by Gasteiger charge is -2.29. The molecule has 1 heterocycles. The summed E-state index contributed by atoms with van der Waals surface area (Å²) in [4.78, 5) is 13.9. The lowest BCUT2D eigenvalue weighted by atomic mass is 10.1. The van der Waals surface area contributed by atoms with Crippen LogP contribution in [0.25, 0.3) is 0 Å². The molecule has 2 rings (SSSR count). The molecule has 1 aliphatic heterocycles. The van der Waals surface area contributed by atoms with E-state index < -0.39 is 6.36 Å². The second-order valence-electron chi connectivity index (χ2n) is 5.58. The van der Waals surface area contributed by atoms with Crippen molar-refractivity contribution in [3.8, 4) is 5.75 Å².